The molecule has 1 aromatic carbocycles. The minimum atomic E-state index is -4.14. The predicted octanol–water partition coefficient (Wildman–Crippen LogP) is 3.58. The van der Waals surface area contributed by atoms with Crippen molar-refractivity contribution in [2.45, 2.75) is 33.0 Å². The van der Waals surface area contributed by atoms with Crippen molar-refractivity contribution in [3.8, 4) is 5.75 Å². The maximum absolute atomic E-state index is 12.5. The van der Waals surface area contributed by atoms with Crippen molar-refractivity contribution in [2.75, 3.05) is 53.0 Å². The molecule has 0 spiro atoms. The number of rotatable bonds is 10. The quantitative estimate of drug-likeness (QED) is 0.199. The molecule has 0 aromatic heterocycles. The van der Waals surface area contributed by atoms with Crippen LogP contribution in [-0.2, 0) is 11.3 Å². The van der Waals surface area contributed by atoms with Crippen molar-refractivity contribution < 1.29 is 22.6 Å². The Hall–Kier alpha value is -1.27. The Labute approximate surface area is 200 Å². The Kier molecular flexibility index (Phi) is 12.5. The van der Waals surface area contributed by atoms with Crippen molar-refractivity contribution in [3.63, 3.8) is 0 Å². The number of hydrogen-bond donors (Lipinski definition) is 2. The summed E-state index contributed by atoms with van der Waals surface area (Å²) >= 11 is 0. The molecule has 1 atom stereocenters. The predicted molar refractivity (Wildman–Crippen MR) is 127 cm³/mol. The number of ether oxygens (including phenoxy) is 2. The maximum Gasteiger partial charge on any atom is 0.401 e. The standard InChI is InChI=1S/C21H33F3N4O2.HI/c1-4-29-9-10-30-19-11-16(2)5-6-18(19)13-27-20(25-3)26-12-17-7-8-28(14-17)15-21(22,23)24;/h5-6,11,17H,4,7-10,12-15H2,1-3H3,(H2,25,26,27);1H. The lowest BCUT2D eigenvalue weighted by Crippen LogP contribution is -2.40. The highest BCUT2D eigenvalue weighted by Crippen LogP contribution is 2.22. The van der Waals surface area contributed by atoms with E-state index in [-0.39, 0.29) is 29.9 Å². The number of alkyl halides is 3. The molecular formula is C21H34F3IN4O2. The first kappa shape index (κ1) is 27.8. The van der Waals surface area contributed by atoms with Crippen LogP contribution in [0.5, 0.6) is 5.75 Å². The lowest BCUT2D eigenvalue weighted by atomic mass is 10.1. The molecule has 1 fully saturated rings. The van der Waals surface area contributed by atoms with Gasteiger partial charge in [-0.15, -0.1) is 24.0 Å². The first-order chi connectivity index (χ1) is 14.3. The second kappa shape index (κ2) is 14.0. The van der Waals surface area contributed by atoms with Gasteiger partial charge < -0.3 is 20.1 Å². The van der Waals surface area contributed by atoms with Gasteiger partial charge in [-0.2, -0.15) is 13.2 Å². The molecule has 0 saturated carbocycles. The maximum atomic E-state index is 12.5. The monoisotopic (exact) mass is 558 g/mol. The number of aliphatic imine (C=N–C) groups is 1. The van der Waals surface area contributed by atoms with Crippen LogP contribution < -0.4 is 15.4 Å². The van der Waals surface area contributed by atoms with E-state index in [1.165, 1.54) is 4.90 Å². The summed E-state index contributed by atoms with van der Waals surface area (Å²) in [5, 5.41) is 6.48. The molecule has 0 radical (unpaired) electrons. The normalized spacial score (nSPS) is 17.4. The number of guanidine groups is 1. The van der Waals surface area contributed by atoms with Crippen LogP contribution >= 0.6 is 24.0 Å². The Bertz CT molecular complexity index is 689. The molecule has 178 valence electrons. The molecule has 6 nitrogen and oxygen atoms in total. The van der Waals surface area contributed by atoms with E-state index in [9.17, 15) is 13.2 Å². The van der Waals surface area contributed by atoms with E-state index in [1.807, 2.05) is 32.0 Å². The fourth-order valence-electron chi connectivity index (χ4n) is 3.41. The summed E-state index contributed by atoms with van der Waals surface area (Å²) in [6.45, 7) is 6.81. The number of benzene rings is 1. The highest BCUT2D eigenvalue weighted by atomic mass is 127. The fourth-order valence-corrected chi connectivity index (χ4v) is 3.41. The minimum Gasteiger partial charge on any atom is -0.491 e. The van der Waals surface area contributed by atoms with Gasteiger partial charge in [0.15, 0.2) is 5.96 Å². The zero-order valence-corrected chi connectivity index (χ0v) is 20.8. The van der Waals surface area contributed by atoms with Crippen LogP contribution in [0.4, 0.5) is 13.2 Å². The highest BCUT2D eigenvalue weighted by Gasteiger charge is 2.34. The molecule has 1 heterocycles. The van der Waals surface area contributed by atoms with Gasteiger partial charge in [0, 0.05) is 38.9 Å². The molecule has 1 aromatic rings. The van der Waals surface area contributed by atoms with Crippen LogP contribution in [0, 0.1) is 12.8 Å². The Morgan fingerprint density at radius 1 is 1.26 bits per heavy atom. The lowest BCUT2D eigenvalue weighted by molar-refractivity contribution is -0.143. The average molecular weight is 558 g/mol. The summed E-state index contributed by atoms with van der Waals surface area (Å²) in [4.78, 5) is 5.68. The molecule has 0 aliphatic carbocycles. The number of nitrogens with zero attached hydrogens (tertiary/aromatic N) is 2. The summed E-state index contributed by atoms with van der Waals surface area (Å²) in [6.07, 6.45) is -3.40. The molecule has 1 unspecified atom stereocenters. The third-order valence-corrected chi connectivity index (χ3v) is 4.91. The van der Waals surface area contributed by atoms with Gasteiger partial charge in [0.25, 0.3) is 0 Å². The van der Waals surface area contributed by atoms with Crippen molar-refractivity contribution in [2.24, 2.45) is 10.9 Å². The first-order valence-corrected chi connectivity index (χ1v) is 10.3. The number of halogens is 4. The van der Waals surface area contributed by atoms with Crippen molar-refractivity contribution in [1.82, 2.24) is 15.5 Å². The van der Waals surface area contributed by atoms with Gasteiger partial charge in [0.1, 0.15) is 12.4 Å². The average Bonchev–Trinajstić information content (AvgIpc) is 3.12. The van der Waals surface area contributed by atoms with Gasteiger partial charge in [-0.05, 0) is 44.4 Å². The fraction of sp³-hybridized carbons (Fsp3) is 0.667. The minimum absolute atomic E-state index is 0. The lowest BCUT2D eigenvalue weighted by Gasteiger charge is -2.19. The van der Waals surface area contributed by atoms with Gasteiger partial charge in [-0.3, -0.25) is 9.89 Å². The topological polar surface area (TPSA) is 58.1 Å². The van der Waals surface area contributed by atoms with Crippen LogP contribution in [-0.4, -0.2) is 70.1 Å². The highest BCUT2D eigenvalue weighted by molar-refractivity contribution is 14.0. The first-order valence-electron chi connectivity index (χ1n) is 10.3. The van der Waals surface area contributed by atoms with Crippen LogP contribution in [0.25, 0.3) is 0 Å². The molecular weight excluding hydrogens is 524 g/mol. The number of likely N-dealkylation sites (tertiary alicyclic amines) is 1. The third-order valence-electron chi connectivity index (χ3n) is 4.91. The third kappa shape index (κ3) is 10.7. The summed E-state index contributed by atoms with van der Waals surface area (Å²) in [5.74, 6) is 1.59. The van der Waals surface area contributed by atoms with E-state index in [0.717, 1.165) is 23.3 Å². The van der Waals surface area contributed by atoms with Crippen LogP contribution in [0.1, 0.15) is 24.5 Å². The molecule has 1 aliphatic rings. The largest absolute Gasteiger partial charge is 0.491 e. The van der Waals surface area contributed by atoms with Crippen molar-refractivity contribution >= 4 is 29.9 Å². The summed E-state index contributed by atoms with van der Waals surface area (Å²) < 4.78 is 48.8. The second-order valence-corrected chi connectivity index (χ2v) is 7.47. The summed E-state index contributed by atoms with van der Waals surface area (Å²) in [5.41, 5.74) is 2.11. The van der Waals surface area contributed by atoms with E-state index in [4.69, 9.17) is 9.47 Å². The molecule has 1 aliphatic heterocycles. The van der Waals surface area contributed by atoms with Gasteiger partial charge in [0.2, 0.25) is 0 Å². The molecule has 2 N–H and O–H groups in total. The number of nitrogens with one attached hydrogen (secondary N) is 2. The SMILES string of the molecule is CCOCCOc1cc(C)ccc1CNC(=NC)NCC1CCN(CC(F)(F)F)C1.I. The Morgan fingerprint density at radius 3 is 2.71 bits per heavy atom. The molecule has 0 amide bonds. The zero-order chi connectivity index (χ0) is 22.0. The van der Waals surface area contributed by atoms with E-state index in [0.29, 0.717) is 52.0 Å². The molecule has 31 heavy (non-hydrogen) atoms. The van der Waals surface area contributed by atoms with Gasteiger partial charge in [0.05, 0.1) is 13.2 Å². The van der Waals surface area contributed by atoms with Crippen LogP contribution in [0.15, 0.2) is 23.2 Å². The smallest absolute Gasteiger partial charge is 0.401 e. The van der Waals surface area contributed by atoms with Crippen molar-refractivity contribution in [3.05, 3.63) is 29.3 Å². The van der Waals surface area contributed by atoms with Gasteiger partial charge in [-0.1, -0.05) is 12.1 Å². The van der Waals surface area contributed by atoms with Crippen molar-refractivity contribution in [1.29, 1.82) is 0 Å². The summed E-state index contributed by atoms with van der Waals surface area (Å²) in [7, 11) is 1.68. The number of hydrogen-bond acceptors (Lipinski definition) is 4. The Morgan fingerprint density at radius 2 is 2.03 bits per heavy atom. The van der Waals surface area contributed by atoms with E-state index in [2.05, 4.69) is 15.6 Å². The van der Waals surface area contributed by atoms with Gasteiger partial charge >= 0.3 is 6.18 Å². The molecule has 0 bridgehead atoms. The van der Waals surface area contributed by atoms with Crippen LogP contribution in [0.3, 0.4) is 0 Å². The second-order valence-electron chi connectivity index (χ2n) is 7.47. The van der Waals surface area contributed by atoms with E-state index < -0.39 is 12.7 Å². The van der Waals surface area contributed by atoms with Gasteiger partial charge in [-0.25, -0.2) is 0 Å². The molecule has 2 rings (SSSR count). The zero-order valence-electron chi connectivity index (χ0n) is 18.4. The molecule has 1 saturated heterocycles. The van der Waals surface area contributed by atoms with E-state index >= 15 is 0 Å². The van der Waals surface area contributed by atoms with E-state index in [1.54, 1.807) is 7.05 Å². The van der Waals surface area contributed by atoms with Crippen LogP contribution in [0.2, 0.25) is 0 Å². The molecule has 10 heteroatoms. The Balaban J connectivity index is 0.00000480. The summed E-state index contributed by atoms with van der Waals surface area (Å²) in [6, 6.07) is 6.03. The number of aryl methyl sites for hydroxylation is 1.